The van der Waals surface area contributed by atoms with E-state index in [4.69, 9.17) is 0 Å². The number of carbonyl (C=O) groups excluding carboxylic acids is 1. The summed E-state index contributed by atoms with van der Waals surface area (Å²) in [5.74, 6) is 0.885. The molecule has 0 aliphatic rings. The van der Waals surface area contributed by atoms with Crippen molar-refractivity contribution in [3.8, 4) is 0 Å². The maximum Gasteiger partial charge on any atom is 0.251 e. The lowest BCUT2D eigenvalue weighted by Crippen LogP contribution is -2.25. The largest absolute Gasteiger partial charge is 0.352 e. The van der Waals surface area contributed by atoms with Gasteiger partial charge in [-0.15, -0.1) is 10.2 Å². The number of carbonyl (C=O) groups is 1. The third kappa shape index (κ3) is 4.92. The molecule has 6 nitrogen and oxygen atoms in total. The third-order valence-electron chi connectivity index (χ3n) is 4.76. The Morgan fingerprint density at radius 3 is 2.59 bits per heavy atom. The zero-order valence-corrected chi connectivity index (χ0v) is 16.1. The van der Waals surface area contributed by atoms with Gasteiger partial charge in [-0.05, 0) is 49.3 Å². The second-order valence-corrected chi connectivity index (χ2v) is 6.56. The van der Waals surface area contributed by atoms with Crippen LogP contribution >= 0.6 is 0 Å². The lowest BCUT2D eigenvalue weighted by Gasteiger charge is -2.18. The smallest absolute Gasteiger partial charge is 0.251 e. The molecule has 2 heterocycles. The first kappa shape index (κ1) is 19.0. The first-order chi connectivity index (χ1) is 13.2. The van der Waals surface area contributed by atoms with Crippen molar-refractivity contribution in [1.29, 1.82) is 0 Å². The van der Waals surface area contributed by atoms with Gasteiger partial charge >= 0.3 is 0 Å². The molecule has 3 rings (SSSR count). The van der Waals surface area contributed by atoms with Crippen LogP contribution in [-0.4, -0.2) is 45.0 Å². The van der Waals surface area contributed by atoms with Crippen LogP contribution in [-0.2, 0) is 13.0 Å². The normalized spacial score (nSPS) is 11.2. The van der Waals surface area contributed by atoms with Gasteiger partial charge in [0.2, 0.25) is 0 Å². The summed E-state index contributed by atoms with van der Waals surface area (Å²) in [5.41, 5.74) is 2.78. The van der Waals surface area contributed by atoms with E-state index in [2.05, 4.69) is 34.3 Å². The summed E-state index contributed by atoms with van der Waals surface area (Å²) in [6.45, 7) is 7.91. The molecule has 1 aromatic carbocycles. The molecule has 0 bridgehead atoms. The van der Waals surface area contributed by atoms with Gasteiger partial charge in [0.05, 0.1) is 0 Å². The quantitative estimate of drug-likeness (QED) is 0.592. The third-order valence-corrected chi connectivity index (χ3v) is 4.76. The molecule has 0 aliphatic heterocycles. The van der Waals surface area contributed by atoms with Crippen LogP contribution in [0, 0.1) is 0 Å². The summed E-state index contributed by atoms with van der Waals surface area (Å²) in [4.78, 5) is 14.7. The zero-order valence-electron chi connectivity index (χ0n) is 16.1. The number of rotatable bonds is 9. The summed E-state index contributed by atoms with van der Waals surface area (Å²) in [5, 5.41) is 11.3. The molecule has 0 fully saturated rings. The van der Waals surface area contributed by atoms with Gasteiger partial charge in [-0.25, -0.2) is 0 Å². The molecule has 27 heavy (non-hydrogen) atoms. The van der Waals surface area contributed by atoms with Crippen LogP contribution < -0.4 is 5.32 Å². The number of aromatic nitrogens is 3. The van der Waals surface area contributed by atoms with Crippen LogP contribution in [0.5, 0.6) is 0 Å². The van der Waals surface area contributed by atoms with Crippen molar-refractivity contribution >= 4 is 11.6 Å². The van der Waals surface area contributed by atoms with Gasteiger partial charge in [-0.2, -0.15) is 0 Å². The van der Waals surface area contributed by atoms with Crippen molar-refractivity contribution < 1.29 is 4.79 Å². The van der Waals surface area contributed by atoms with E-state index in [1.807, 2.05) is 53.1 Å². The SMILES string of the molecule is CCN(CC)Cc1ccc(C(=O)NCCCc2nnc3ccccn23)cc1. The van der Waals surface area contributed by atoms with Crippen molar-refractivity contribution in [2.45, 2.75) is 33.2 Å². The maximum absolute atomic E-state index is 12.3. The fourth-order valence-corrected chi connectivity index (χ4v) is 3.08. The minimum atomic E-state index is -0.0320. The van der Waals surface area contributed by atoms with Gasteiger partial charge < -0.3 is 5.32 Å². The van der Waals surface area contributed by atoms with Gasteiger partial charge in [0.1, 0.15) is 5.82 Å². The number of hydrogen-bond donors (Lipinski definition) is 1. The molecule has 3 aromatic rings. The molecule has 0 saturated heterocycles. The monoisotopic (exact) mass is 365 g/mol. The predicted octanol–water partition coefficient (Wildman–Crippen LogP) is 2.93. The first-order valence-electron chi connectivity index (χ1n) is 9.59. The Bertz CT molecular complexity index is 868. The lowest BCUT2D eigenvalue weighted by molar-refractivity contribution is 0.0953. The number of benzene rings is 1. The number of pyridine rings is 1. The van der Waals surface area contributed by atoms with Crippen molar-refractivity contribution in [3.63, 3.8) is 0 Å². The number of amides is 1. The summed E-state index contributed by atoms with van der Waals surface area (Å²) in [6, 6.07) is 13.7. The second-order valence-electron chi connectivity index (χ2n) is 6.56. The van der Waals surface area contributed by atoms with Crippen LogP contribution in [0.15, 0.2) is 48.7 Å². The predicted molar refractivity (Wildman–Crippen MR) is 107 cm³/mol. The van der Waals surface area contributed by atoms with E-state index < -0.39 is 0 Å². The molecule has 2 aromatic heterocycles. The highest BCUT2D eigenvalue weighted by Crippen LogP contribution is 2.08. The van der Waals surface area contributed by atoms with Crippen LogP contribution in [0.4, 0.5) is 0 Å². The van der Waals surface area contributed by atoms with Gasteiger partial charge in [0.25, 0.3) is 5.91 Å². The zero-order chi connectivity index (χ0) is 19.1. The molecular weight excluding hydrogens is 338 g/mol. The van der Waals surface area contributed by atoms with Crippen LogP contribution in [0.25, 0.3) is 5.65 Å². The highest BCUT2D eigenvalue weighted by molar-refractivity contribution is 5.94. The fourth-order valence-electron chi connectivity index (χ4n) is 3.08. The summed E-state index contributed by atoms with van der Waals surface area (Å²) >= 11 is 0. The Kier molecular flexibility index (Phi) is 6.54. The Balaban J connectivity index is 1.46. The lowest BCUT2D eigenvalue weighted by atomic mass is 10.1. The van der Waals surface area contributed by atoms with Crippen molar-refractivity contribution in [3.05, 3.63) is 65.6 Å². The maximum atomic E-state index is 12.3. The second kappa shape index (κ2) is 9.28. The summed E-state index contributed by atoms with van der Waals surface area (Å²) < 4.78 is 1.98. The van der Waals surface area contributed by atoms with Crippen LogP contribution in [0.1, 0.15) is 42.0 Å². The van der Waals surface area contributed by atoms with Crippen LogP contribution in [0.3, 0.4) is 0 Å². The molecule has 0 saturated carbocycles. The number of nitrogens with one attached hydrogen (secondary N) is 1. The molecule has 0 spiro atoms. The van der Waals surface area contributed by atoms with E-state index in [0.29, 0.717) is 12.1 Å². The Morgan fingerprint density at radius 2 is 1.85 bits per heavy atom. The Morgan fingerprint density at radius 1 is 1.07 bits per heavy atom. The number of aryl methyl sites for hydroxylation is 1. The van der Waals surface area contributed by atoms with Gasteiger partial charge in [-0.3, -0.25) is 14.1 Å². The molecule has 142 valence electrons. The first-order valence-corrected chi connectivity index (χ1v) is 9.59. The molecule has 0 unspecified atom stereocenters. The molecule has 0 atom stereocenters. The topological polar surface area (TPSA) is 62.5 Å². The van der Waals surface area contributed by atoms with Gasteiger partial charge in [0, 0.05) is 31.3 Å². The molecular formula is C21H27N5O. The highest BCUT2D eigenvalue weighted by Gasteiger charge is 2.08. The average Bonchev–Trinajstić information content (AvgIpc) is 3.13. The minimum absolute atomic E-state index is 0.0320. The minimum Gasteiger partial charge on any atom is -0.352 e. The molecule has 0 radical (unpaired) electrons. The Labute approximate surface area is 160 Å². The van der Waals surface area contributed by atoms with E-state index in [-0.39, 0.29) is 5.91 Å². The molecule has 6 heteroatoms. The van der Waals surface area contributed by atoms with Crippen molar-refractivity contribution in [2.75, 3.05) is 19.6 Å². The summed E-state index contributed by atoms with van der Waals surface area (Å²) in [7, 11) is 0. The standard InChI is InChI=1S/C21H27N5O/c1-3-25(4-2)16-17-10-12-18(13-11-17)21(27)22-14-7-9-20-24-23-19-8-5-6-15-26(19)20/h5-6,8,10-13,15H,3-4,7,9,14,16H2,1-2H3,(H,22,27). The van der Waals surface area contributed by atoms with E-state index >= 15 is 0 Å². The van der Waals surface area contributed by atoms with E-state index in [0.717, 1.165) is 43.9 Å². The van der Waals surface area contributed by atoms with Crippen LogP contribution in [0.2, 0.25) is 0 Å². The van der Waals surface area contributed by atoms with Crippen molar-refractivity contribution in [2.24, 2.45) is 0 Å². The van der Waals surface area contributed by atoms with Crippen molar-refractivity contribution in [1.82, 2.24) is 24.8 Å². The number of hydrogen-bond acceptors (Lipinski definition) is 4. The van der Waals surface area contributed by atoms with Gasteiger partial charge in [-0.1, -0.05) is 32.0 Å². The molecule has 1 amide bonds. The number of fused-ring (bicyclic) bond motifs is 1. The fraction of sp³-hybridized carbons (Fsp3) is 0.381. The number of nitrogens with zero attached hydrogens (tertiary/aromatic N) is 4. The van der Waals surface area contributed by atoms with E-state index in [1.54, 1.807) is 0 Å². The molecule has 1 N–H and O–H groups in total. The summed E-state index contributed by atoms with van der Waals surface area (Å²) in [6.07, 6.45) is 3.55. The highest BCUT2D eigenvalue weighted by atomic mass is 16.1. The average molecular weight is 365 g/mol. The van der Waals surface area contributed by atoms with E-state index in [9.17, 15) is 4.79 Å². The van der Waals surface area contributed by atoms with Gasteiger partial charge in [0.15, 0.2) is 5.65 Å². The Hall–Kier alpha value is -2.73. The van der Waals surface area contributed by atoms with E-state index in [1.165, 1.54) is 5.56 Å². The molecule has 0 aliphatic carbocycles.